The van der Waals surface area contributed by atoms with Crippen LogP contribution < -0.4 is 4.74 Å². The van der Waals surface area contributed by atoms with Gasteiger partial charge in [0.05, 0.1) is 30.9 Å². The molecule has 0 aliphatic carbocycles. The van der Waals surface area contributed by atoms with E-state index in [1.54, 1.807) is 18.3 Å². The molecule has 37 heavy (non-hydrogen) atoms. The van der Waals surface area contributed by atoms with Crippen molar-refractivity contribution in [3.63, 3.8) is 0 Å². The Kier molecular flexibility index (Phi) is 6.81. The van der Waals surface area contributed by atoms with Crippen LogP contribution in [0.1, 0.15) is 42.6 Å². The predicted octanol–water partition coefficient (Wildman–Crippen LogP) is 5.06. The van der Waals surface area contributed by atoms with Crippen LogP contribution in [0.3, 0.4) is 0 Å². The van der Waals surface area contributed by atoms with Gasteiger partial charge in [0.2, 0.25) is 0 Å². The maximum atomic E-state index is 14.1. The minimum atomic E-state index is -1.50. The first-order valence-electron chi connectivity index (χ1n) is 12.4. The Labute approximate surface area is 214 Å². The van der Waals surface area contributed by atoms with Crippen molar-refractivity contribution in [2.45, 2.75) is 38.8 Å². The molecule has 3 aromatic rings. The van der Waals surface area contributed by atoms with E-state index in [9.17, 15) is 18.0 Å². The predicted molar refractivity (Wildman–Crippen MR) is 134 cm³/mol. The Morgan fingerprint density at radius 3 is 2.54 bits per heavy atom. The molecule has 0 bridgehead atoms. The number of nitrogens with zero attached hydrogens (tertiary/aromatic N) is 4. The van der Waals surface area contributed by atoms with Crippen molar-refractivity contribution < 1.29 is 22.7 Å². The van der Waals surface area contributed by atoms with Gasteiger partial charge in [0.1, 0.15) is 5.75 Å². The van der Waals surface area contributed by atoms with Crippen LogP contribution in [0.25, 0.3) is 11.8 Å². The Balaban J connectivity index is 1.48. The number of hydrogen-bond acceptors (Lipinski definition) is 4. The summed E-state index contributed by atoms with van der Waals surface area (Å²) in [5.74, 6) is -3.53. The lowest BCUT2D eigenvalue weighted by Gasteiger charge is -2.49. The van der Waals surface area contributed by atoms with Crippen LogP contribution in [0.2, 0.25) is 0 Å². The summed E-state index contributed by atoms with van der Waals surface area (Å²) in [6.07, 6.45) is 6.77. The van der Waals surface area contributed by atoms with Gasteiger partial charge in [-0.05, 0) is 67.8 Å². The monoisotopic (exact) mass is 510 g/mol. The largest absolute Gasteiger partial charge is 0.495 e. The number of methoxy groups -OCH3 is 1. The summed E-state index contributed by atoms with van der Waals surface area (Å²) >= 11 is 0. The third-order valence-corrected chi connectivity index (χ3v) is 7.26. The van der Waals surface area contributed by atoms with Gasteiger partial charge in [0.25, 0.3) is 5.91 Å². The van der Waals surface area contributed by atoms with E-state index in [2.05, 4.69) is 9.88 Å². The van der Waals surface area contributed by atoms with E-state index in [1.807, 2.05) is 48.9 Å². The fraction of sp³-hybridized carbons (Fsp3) is 0.357. The number of piperazine rings is 1. The van der Waals surface area contributed by atoms with E-state index in [0.29, 0.717) is 30.8 Å². The first kappa shape index (κ1) is 25.1. The molecule has 2 aliphatic heterocycles. The number of rotatable bonds is 5. The molecule has 5 rings (SSSR count). The summed E-state index contributed by atoms with van der Waals surface area (Å²) in [7, 11) is 1.59. The third-order valence-electron chi connectivity index (χ3n) is 7.26. The molecular weight excluding hydrogens is 481 g/mol. The van der Waals surface area contributed by atoms with Gasteiger partial charge in [-0.25, -0.2) is 18.2 Å². The molecule has 0 radical (unpaired) electrons. The van der Waals surface area contributed by atoms with Crippen LogP contribution in [-0.4, -0.2) is 58.0 Å². The number of carbonyl (C=O) groups is 1. The van der Waals surface area contributed by atoms with Gasteiger partial charge in [-0.2, -0.15) is 0 Å². The number of piperidine rings is 1. The topological polar surface area (TPSA) is 50.6 Å². The quantitative estimate of drug-likeness (QED) is 0.356. The van der Waals surface area contributed by atoms with Gasteiger partial charge >= 0.3 is 0 Å². The van der Waals surface area contributed by atoms with Crippen molar-refractivity contribution in [1.82, 2.24) is 19.4 Å². The van der Waals surface area contributed by atoms with E-state index >= 15 is 0 Å². The van der Waals surface area contributed by atoms with E-state index < -0.39 is 23.5 Å². The second kappa shape index (κ2) is 10.0. The lowest BCUT2D eigenvalue weighted by Crippen LogP contribution is -2.58. The van der Waals surface area contributed by atoms with Crippen LogP contribution in [0.4, 0.5) is 13.2 Å². The van der Waals surface area contributed by atoms with Gasteiger partial charge in [-0.15, -0.1) is 0 Å². The average molecular weight is 511 g/mol. The normalized spacial score (nSPS) is 21.4. The number of amides is 1. The molecule has 2 fully saturated rings. The molecule has 9 heteroatoms. The van der Waals surface area contributed by atoms with Crippen molar-refractivity contribution in [2.75, 3.05) is 26.7 Å². The minimum absolute atomic E-state index is 0.0964. The number of benzene rings is 2. The van der Waals surface area contributed by atoms with Gasteiger partial charge < -0.3 is 14.2 Å². The smallest absolute Gasteiger partial charge is 0.250 e. The fourth-order valence-corrected chi connectivity index (χ4v) is 5.36. The van der Waals surface area contributed by atoms with Gasteiger partial charge in [-0.3, -0.25) is 9.69 Å². The van der Waals surface area contributed by atoms with Crippen molar-refractivity contribution in [3.8, 4) is 11.4 Å². The lowest BCUT2D eigenvalue weighted by atomic mass is 9.88. The number of hydrogen-bond donors (Lipinski definition) is 0. The molecule has 1 amide bonds. The highest BCUT2D eigenvalue weighted by Gasteiger charge is 2.42. The average Bonchev–Trinajstić information content (AvgIpc) is 3.33. The molecule has 6 nitrogen and oxygen atoms in total. The van der Waals surface area contributed by atoms with Gasteiger partial charge in [0, 0.05) is 30.9 Å². The summed E-state index contributed by atoms with van der Waals surface area (Å²) in [4.78, 5) is 21.9. The molecule has 0 saturated carbocycles. The number of halogens is 3. The van der Waals surface area contributed by atoms with Crippen LogP contribution in [-0.2, 0) is 4.79 Å². The van der Waals surface area contributed by atoms with Crippen LogP contribution in [0.5, 0.6) is 5.75 Å². The van der Waals surface area contributed by atoms with E-state index in [-0.39, 0.29) is 17.5 Å². The summed E-state index contributed by atoms with van der Waals surface area (Å²) in [5, 5.41) is 0. The number of likely N-dealkylation sites (N-methyl/N-ethyl adjacent to an activating group) is 1. The maximum absolute atomic E-state index is 14.1. The first-order valence-corrected chi connectivity index (χ1v) is 12.4. The number of imidazole rings is 1. The summed E-state index contributed by atoms with van der Waals surface area (Å²) in [5.41, 5.74) is 3.39. The molecule has 194 valence electrons. The number of carbonyl (C=O) groups excluding carboxylic acids is 1. The third kappa shape index (κ3) is 4.75. The minimum Gasteiger partial charge on any atom is -0.495 e. The van der Waals surface area contributed by atoms with Gasteiger partial charge in [0.15, 0.2) is 17.5 Å². The second-order valence-electron chi connectivity index (χ2n) is 9.59. The molecule has 2 aromatic carbocycles. The maximum Gasteiger partial charge on any atom is 0.250 e. The Morgan fingerprint density at radius 1 is 1.14 bits per heavy atom. The summed E-state index contributed by atoms with van der Waals surface area (Å²) < 4.78 is 49.4. The summed E-state index contributed by atoms with van der Waals surface area (Å²) in [6, 6.07) is 7.03. The zero-order valence-corrected chi connectivity index (χ0v) is 21.0. The van der Waals surface area contributed by atoms with E-state index in [1.165, 1.54) is 0 Å². The molecule has 0 N–H and O–H groups in total. The molecule has 2 saturated heterocycles. The first-order chi connectivity index (χ1) is 17.8. The molecule has 3 heterocycles. The number of fused-ring (bicyclic) bond motifs is 1. The van der Waals surface area contributed by atoms with Crippen LogP contribution >= 0.6 is 0 Å². The highest BCUT2D eigenvalue weighted by molar-refractivity contribution is 5.99. The van der Waals surface area contributed by atoms with E-state index in [0.717, 1.165) is 42.0 Å². The van der Waals surface area contributed by atoms with Crippen LogP contribution in [0, 0.1) is 24.4 Å². The Hall–Kier alpha value is -3.59. The molecule has 1 aromatic heterocycles. The van der Waals surface area contributed by atoms with Crippen molar-refractivity contribution in [2.24, 2.45) is 0 Å². The molecule has 2 aliphatic rings. The standard InChI is InChI=1S/C28H29F3N4O2/c1-4-33-14-21-7-6-19(9-18-5-8-24(26(10-18)37-3)34-13-17(2)32-16-34)28(36)35(21)25(15-33)20-11-22(29)27(31)23(30)12-20/h5,8-13,16,21,25H,4,6-7,14-15H2,1-3H3/b19-9+/t21-,25-/m1/s1. The van der Waals surface area contributed by atoms with Crippen molar-refractivity contribution in [3.05, 3.63) is 82.7 Å². The second-order valence-corrected chi connectivity index (χ2v) is 9.59. The summed E-state index contributed by atoms with van der Waals surface area (Å²) in [6.45, 7) is 5.77. The Bertz CT molecular complexity index is 1350. The number of ether oxygens (including phenoxy) is 1. The SMILES string of the molecule is CCN1C[C@H]2CC/C(=C\c3ccc(-n4cnc(C)c4)c(OC)c3)C(=O)N2[C@@H](c2cc(F)c(F)c(F)c2)C1. The molecule has 2 atom stereocenters. The van der Waals surface area contributed by atoms with Crippen LogP contribution in [0.15, 0.2) is 48.4 Å². The lowest BCUT2D eigenvalue weighted by molar-refractivity contribution is -0.139. The highest BCUT2D eigenvalue weighted by atomic mass is 19.2. The zero-order valence-electron chi connectivity index (χ0n) is 21.0. The van der Waals surface area contributed by atoms with E-state index in [4.69, 9.17) is 4.74 Å². The molecular formula is C28H29F3N4O2. The Morgan fingerprint density at radius 2 is 1.89 bits per heavy atom. The zero-order chi connectivity index (χ0) is 26.3. The molecule has 0 spiro atoms. The van der Waals surface area contributed by atoms with Crippen molar-refractivity contribution in [1.29, 1.82) is 0 Å². The van der Waals surface area contributed by atoms with Crippen molar-refractivity contribution >= 4 is 12.0 Å². The molecule has 0 unspecified atom stereocenters. The number of aryl methyl sites for hydroxylation is 1. The fourth-order valence-electron chi connectivity index (χ4n) is 5.36. The highest BCUT2D eigenvalue weighted by Crippen LogP contribution is 2.38. The van der Waals surface area contributed by atoms with Gasteiger partial charge in [-0.1, -0.05) is 13.0 Å². The number of aromatic nitrogens is 2.